The van der Waals surface area contributed by atoms with Gasteiger partial charge in [0.25, 0.3) is 0 Å². The standard InChI is InChI=1S/C9H20N2O2S/c1-8(5-10-2)6-11-14(12,13)7-9-3-4-9/h8-11H,3-7H2,1-2H3. The van der Waals surface area contributed by atoms with Gasteiger partial charge in [-0.05, 0) is 38.3 Å². The molecule has 4 nitrogen and oxygen atoms in total. The predicted octanol–water partition coefficient (Wildman–Crippen LogP) is 0.171. The van der Waals surface area contributed by atoms with E-state index in [2.05, 4.69) is 10.0 Å². The maximum atomic E-state index is 11.5. The van der Waals surface area contributed by atoms with Gasteiger partial charge in [-0.25, -0.2) is 13.1 Å². The molecule has 1 atom stereocenters. The van der Waals surface area contributed by atoms with Gasteiger partial charge in [-0.2, -0.15) is 0 Å². The summed E-state index contributed by atoms with van der Waals surface area (Å²) in [5, 5.41) is 3.02. The molecule has 0 saturated heterocycles. The lowest BCUT2D eigenvalue weighted by atomic mass is 10.2. The third-order valence-electron chi connectivity index (χ3n) is 2.36. The molecule has 1 aliphatic rings. The van der Waals surface area contributed by atoms with Crippen molar-refractivity contribution in [2.45, 2.75) is 19.8 Å². The summed E-state index contributed by atoms with van der Waals surface area (Å²) in [7, 11) is -1.14. The van der Waals surface area contributed by atoms with Crippen molar-refractivity contribution in [2.24, 2.45) is 11.8 Å². The summed E-state index contributed by atoms with van der Waals surface area (Å²) in [4.78, 5) is 0. The smallest absolute Gasteiger partial charge is 0.211 e. The molecular weight excluding hydrogens is 200 g/mol. The molecule has 14 heavy (non-hydrogen) atoms. The van der Waals surface area contributed by atoms with Crippen molar-refractivity contribution in [2.75, 3.05) is 25.9 Å². The van der Waals surface area contributed by atoms with Crippen LogP contribution in [0.25, 0.3) is 0 Å². The van der Waals surface area contributed by atoms with Gasteiger partial charge in [0.2, 0.25) is 10.0 Å². The largest absolute Gasteiger partial charge is 0.319 e. The van der Waals surface area contributed by atoms with E-state index in [9.17, 15) is 8.42 Å². The highest BCUT2D eigenvalue weighted by Gasteiger charge is 2.27. The van der Waals surface area contributed by atoms with Crippen LogP contribution in [-0.2, 0) is 10.0 Å². The highest BCUT2D eigenvalue weighted by molar-refractivity contribution is 7.89. The maximum Gasteiger partial charge on any atom is 0.211 e. The second kappa shape index (κ2) is 5.09. The van der Waals surface area contributed by atoms with Crippen molar-refractivity contribution < 1.29 is 8.42 Å². The topological polar surface area (TPSA) is 58.2 Å². The minimum atomic E-state index is -3.01. The van der Waals surface area contributed by atoms with E-state index in [1.165, 1.54) is 0 Å². The lowest BCUT2D eigenvalue weighted by molar-refractivity contribution is 0.517. The summed E-state index contributed by atoms with van der Waals surface area (Å²) in [5.74, 6) is 1.08. The second-order valence-electron chi connectivity index (χ2n) is 4.24. The van der Waals surface area contributed by atoms with E-state index < -0.39 is 10.0 Å². The van der Waals surface area contributed by atoms with Crippen LogP contribution in [0.15, 0.2) is 0 Å². The second-order valence-corrected chi connectivity index (χ2v) is 6.09. The zero-order valence-corrected chi connectivity index (χ0v) is 9.73. The molecule has 1 saturated carbocycles. The molecule has 0 radical (unpaired) electrons. The Hall–Kier alpha value is -0.130. The van der Waals surface area contributed by atoms with Crippen molar-refractivity contribution in [3.63, 3.8) is 0 Å². The molecule has 0 bridgehead atoms. The van der Waals surface area contributed by atoms with Crippen molar-refractivity contribution in [1.29, 1.82) is 0 Å². The predicted molar refractivity (Wildman–Crippen MR) is 57.6 cm³/mol. The van der Waals surface area contributed by atoms with Crippen molar-refractivity contribution >= 4 is 10.0 Å². The van der Waals surface area contributed by atoms with Gasteiger partial charge >= 0.3 is 0 Å². The van der Waals surface area contributed by atoms with Crippen molar-refractivity contribution in [1.82, 2.24) is 10.0 Å². The minimum Gasteiger partial charge on any atom is -0.319 e. The Kier molecular flexibility index (Phi) is 4.34. The van der Waals surface area contributed by atoms with Gasteiger partial charge in [-0.1, -0.05) is 6.92 Å². The number of hydrogen-bond acceptors (Lipinski definition) is 3. The Morgan fingerprint density at radius 2 is 2.00 bits per heavy atom. The number of sulfonamides is 1. The first kappa shape index (κ1) is 11.9. The molecule has 2 N–H and O–H groups in total. The zero-order chi connectivity index (χ0) is 10.6. The first-order valence-corrected chi connectivity index (χ1v) is 6.80. The molecule has 1 aliphatic carbocycles. The molecule has 0 aromatic rings. The van der Waals surface area contributed by atoms with Gasteiger partial charge in [-0.3, -0.25) is 0 Å². The normalized spacial score (nSPS) is 19.6. The molecule has 0 aliphatic heterocycles. The highest BCUT2D eigenvalue weighted by Crippen LogP contribution is 2.29. The van der Waals surface area contributed by atoms with E-state index in [1.54, 1.807) is 0 Å². The first-order valence-electron chi connectivity index (χ1n) is 5.15. The number of rotatable bonds is 7. The molecule has 0 aromatic carbocycles. The quantitative estimate of drug-likeness (QED) is 0.643. The molecule has 0 amide bonds. The van der Waals surface area contributed by atoms with Gasteiger partial charge in [-0.15, -0.1) is 0 Å². The first-order chi connectivity index (χ1) is 6.53. The zero-order valence-electron chi connectivity index (χ0n) is 8.91. The third-order valence-corrected chi connectivity index (χ3v) is 3.87. The van der Waals surface area contributed by atoms with E-state index in [0.29, 0.717) is 24.1 Å². The van der Waals surface area contributed by atoms with Crippen LogP contribution in [0.1, 0.15) is 19.8 Å². The maximum absolute atomic E-state index is 11.5. The van der Waals surface area contributed by atoms with Gasteiger partial charge in [0.05, 0.1) is 5.75 Å². The molecule has 5 heteroatoms. The average molecular weight is 220 g/mol. The Bertz CT molecular complexity index is 260. The summed E-state index contributed by atoms with van der Waals surface area (Å²) < 4.78 is 25.6. The van der Waals surface area contributed by atoms with Gasteiger partial charge in [0, 0.05) is 6.54 Å². The van der Waals surface area contributed by atoms with Gasteiger partial charge < -0.3 is 5.32 Å². The van der Waals surface area contributed by atoms with Crippen LogP contribution in [0.3, 0.4) is 0 Å². The van der Waals surface area contributed by atoms with Crippen molar-refractivity contribution in [3.8, 4) is 0 Å². The van der Waals surface area contributed by atoms with Crippen LogP contribution >= 0.6 is 0 Å². The average Bonchev–Trinajstić information content (AvgIpc) is 2.85. The van der Waals surface area contributed by atoms with Crippen molar-refractivity contribution in [3.05, 3.63) is 0 Å². The van der Waals surface area contributed by atoms with E-state index in [1.807, 2.05) is 14.0 Å². The fraction of sp³-hybridized carbons (Fsp3) is 1.00. The molecule has 1 unspecified atom stereocenters. The summed E-state index contributed by atoms with van der Waals surface area (Å²) in [6.07, 6.45) is 2.15. The van der Waals surface area contributed by atoms with E-state index in [-0.39, 0.29) is 0 Å². The van der Waals surface area contributed by atoms with E-state index in [0.717, 1.165) is 19.4 Å². The third kappa shape index (κ3) is 4.93. The highest BCUT2D eigenvalue weighted by atomic mass is 32.2. The molecule has 0 heterocycles. The van der Waals surface area contributed by atoms with Crippen LogP contribution < -0.4 is 10.0 Å². The van der Waals surface area contributed by atoms with E-state index in [4.69, 9.17) is 0 Å². The Morgan fingerprint density at radius 3 is 2.50 bits per heavy atom. The Morgan fingerprint density at radius 1 is 1.36 bits per heavy atom. The number of hydrogen-bond donors (Lipinski definition) is 2. The molecular formula is C9H20N2O2S. The molecule has 84 valence electrons. The van der Waals surface area contributed by atoms with E-state index >= 15 is 0 Å². The summed E-state index contributed by atoms with van der Waals surface area (Å²) in [6, 6.07) is 0. The van der Waals surface area contributed by atoms with Crippen LogP contribution in [0.4, 0.5) is 0 Å². The summed E-state index contributed by atoms with van der Waals surface area (Å²) in [6.45, 7) is 3.40. The van der Waals surface area contributed by atoms with Crippen LogP contribution in [0.2, 0.25) is 0 Å². The van der Waals surface area contributed by atoms with Gasteiger partial charge in [0.1, 0.15) is 0 Å². The molecule has 0 spiro atoms. The SMILES string of the molecule is CNCC(C)CNS(=O)(=O)CC1CC1. The monoisotopic (exact) mass is 220 g/mol. The molecule has 0 aromatic heterocycles. The van der Waals surface area contributed by atoms with Gasteiger partial charge in [0.15, 0.2) is 0 Å². The lowest BCUT2D eigenvalue weighted by Gasteiger charge is -2.11. The summed E-state index contributed by atoms with van der Waals surface area (Å²) in [5.41, 5.74) is 0. The summed E-state index contributed by atoms with van der Waals surface area (Å²) >= 11 is 0. The minimum absolute atomic E-state index is 0.319. The Labute approximate surface area is 86.5 Å². The number of nitrogens with one attached hydrogen (secondary N) is 2. The Balaban J connectivity index is 2.20. The van der Waals surface area contributed by atoms with Crippen LogP contribution in [-0.4, -0.2) is 34.3 Å². The fourth-order valence-electron chi connectivity index (χ4n) is 1.34. The molecule has 1 rings (SSSR count). The lowest BCUT2D eigenvalue weighted by Crippen LogP contribution is -2.34. The van der Waals surface area contributed by atoms with Crippen LogP contribution in [0, 0.1) is 11.8 Å². The fourth-order valence-corrected chi connectivity index (χ4v) is 2.95. The molecule has 1 fully saturated rings. The van der Waals surface area contributed by atoms with Crippen LogP contribution in [0.5, 0.6) is 0 Å².